The minimum absolute atomic E-state index is 0.157. The van der Waals surface area contributed by atoms with Gasteiger partial charge in [-0.05, 0) is 67.5 Å². The lowest BCUT2D eigenvalue weighted by atomic mass is 9.93. The zero-order valence-electron chi connectivity index (χ0n) is 22.4. The highest BCUT2D eigenvalue weighted by atomic mass is 32.2. The predicted molar refractivity (Wildman–Crippen MR) is 148 cm³/mol. The second kappa shape index (κ2) is 10.2. The summed E-state index contributed by atoms with van der Waals surface area (Å²) < 4.78 is 95.7. The van der Waals surface area contributed by atoms with Crippen molar-refractivity contribution in [1.82, 2.24) is 19.3 Å². The van der Waals surface area contributed by atoms with Crippen molar-refractivity contribution in [2.24, 2.45) is 5.41 Å². The van der Waals surface area contributed by atoms with Crippen molar-refractivity contribution in [1.29, 1.82) is 0 Å². The molecular formula is C26H29F3N6O5S2. The average molecular weight is 627 g/mol. The second-order valence-corrected chi connectivity index (χ2v) is 14.9. The fourth-order valence-electron chi connectivity index (χ4n) is 5.45. The summed E-state index contributed by atoms with van der Waals surface area (Å²) in [5.41, 5.74) is 2.65. The van der Waals surface area contributed by atoms with Crippen LogP contribution in [0.2, 0.25) is 0 Å². The first-order chi connectivity index (χ1) is 19.8. The summed E-state index contributed by atoms with van der Waals surface area (Å²) in [6.07, 6.45) is 5.96. The Morgan fingerprint density at radius 1 is 0.976 bits per heavy atom. The van der Waals surface area contributed by atoms with E-state index in [1.54, 1.807) is 18.2 Å². The lowest BCUT2D eigenvalue weighted by Crippen LogP contribution is -2.58. The van der Waals surface area contributed by atoms with Crippen LogP contribution >= 0.6 is 0 Å². The Morgan fingerprint density at radius 2 is 1.69 bits per heavy atom. The van der Waals surface area contributed by atoms with E-state index in [1.165, 1.54) is 29.8 Å². The zero-order valence-corrected chi connectivity index (χ0v) is 24.0. The van der Waals surface area contributed by atoms with E-state index < -0.39 is 62.1 Å². The van der Waals surface area contributed by atoms with Gasteiger partial charge >= 0.3 is 0 Å². The third-order valence-corrected chi connectivity index (χ3v) is 11.2. The van der Waals surface area contributed by atoms with Crippen LogP contribution in [0.1, 0.15) is 25.7 Å². The molecular weight excluding hydrogens is 597 g/mol. The van der Waals surface area contributed by atoms with Crippen LogP contribution in [0.25, 0.3) is 16.9 Å². The molecule has 42 heavy (non-hydrogen) atoms. The number of nitrogens with zero attached hydrogens (tertiary/aromatic N) is 5. The molecule has 0 radical (unpaired) electrons. The van der Waals surface area contributed by atoms with Crippen molar-refractivity contribution in [3.63, 3.8) is 0 Å². The van der Waals surface area contributed by atoms with E-state index >= 15 is 0 Å². The van der Waals surface area contributed by atoms with Crippen LogP contribution in [-0.4, -0.2) is 85.7 Å². The van der Waals surface area contributed by atoms with E-state index in [0.717, 1.165) is 43.8 Å². The van der Waals surface area contributed by atoms with Crippen LogP contribution in [0.3, 0.4) is 0 Å². The number of aromatic nitrogens is 3. The van der Waals surface area contributed by atoms with Crippen molar-refractivity contribution >= 4 is 31.4 Å². The summed E-state index contributed by atoms with van der Waals surface area (Å²) in [6.45, 7) is -1.02. The Morgan fingerprint density at radius 3 is 2.33 bits per heavy atom. The maximum atomic E-state index is 14.6. The molecule has 0 amide bonds. The molecule has 3 fully saturated rings. The quantitative estimate of drug-likeness (QED) is 0.370. The molecule has 2 aliphatic heterocycles. The Bertz CT molecular complexity index is 1730. The van der Waals surface area contributed by atoms with E-state index in [9.17, 15) is 30.0 Å². The predicted octanol–water partition coefficient (Wildman–Crippen LogP) is 2.83. The third kappa shape index (κ3) is 5.59. The fourth-order valence-corrected chi connectivity index (χ4v) is 7.86. The van der Waals surface area contributed by atoms with Gasteiger partial charge in [0.1, 0.15) is 16.4 Å². The number of alkyl halides is 2. The van der Waals surface area contributed by atoms with Crippen LogP contribution in [0.4, 0.5) is 24.5 Å². The van der Waals surface area contributed by atoms with Gasteiger partial charge < -0.3 is 10.0 Å². The fraction of sp³-hybridized carbons (Fsp3) is 0.462. The Hall–Kier alpha value is -3.21. The van der Waals surface area contributed by atoms with Crippen molar-refractivity contribution in [3.8, 4) is 16.9 Å². The van der Waals surface area contributed by atoms with E-state index in [-0.39, 0.29) is 5.69 Å². The molecule has 2 saturated heterocycles. The largest absolute Gasteiger partial charge is 0.395 e. The van der Waals surface area contributed by atoms with Crippen LogP contribution < -0.4 is 9.62 Å². The molecule has 3 aliphatic rings. The Kier molecular flexibility index (Phi) is 7.02. The van der Waals surface area contributed by atoms with E-state index in [2.05, 4.69) is 19.9 Å². The van der Waals surface area contributed by atoms with Crippen molar-refractivity contribution in [3.05, 3.63) is 48.4 Å². The normalized spacial score (nSPS) is 20.0. The Labute approximate surface area is 241 Å². The number of hydrogen-bond acceptors (Lipinski definition) is 8. The van der Waals surface area contributed by atoms with E-state index in [0.29, 0.717) is 26.7 Å². The van der Waals surface area contributed by atoms with Gasteiger partial charge in [-0.3, -0.25) is 4.72 Å². The first-order valence-electron chi connectivity index (χ1n) is 13.4. The molecule has 16 heteroatoms. The summed E-state index contributed by atoms with van der Waals surface area (Å²) in [6, 6.07) is 8.24. The minimum atomic E-state index is -4.49. The molecule has 11 nitrogen and oxygen atoms in total. The van der Waals surface area contributed by atoms with E-state index in [1.807, 2.05) is 0 Å². The van der Waals surface area contributed by atoms with Gasteiger partial charge in [0, 0.05) is 24.3 Å². The average Bonchev–Trinajstić information content (AvgIpc) is 3.48. The lowest BCUT2D eigenvalue weighted by molar-refractivity contribution is -0.0945. The molecule has 0 bridgehead atoms. The number of sulfonamides is 2. The topological polar surface area (TPSA) is 138 Å². The maximum absolute atomic E-state index is 14.6. The summed E-state index contributed by atoms with van der Waals surface area (Å²) >= 11 is 0. The monoisotopic (exact) mass is 626 g/mol. The smallest absolute Gasteiger partial charge is 0.275 e. The van der Waals surface area contributed by atoms with Gasteiger partial charge in [-0.25, -0.2) is 34.7 Å². The van der Waals surface area contributed by atoms with Gasteiger partial charge in [-0.15, -0.1) is 5.10 Å². The highest BCUT2D eigenvalue weighted by Crippen LogP contribution is 2.54. The maximum Gasteiger partial charge on any atom is 0.275 e. The molecule has 226 valence electrons. The molecule has 0 atom stereocenters. The van der Waals surface area contributed by atoms with Gasteiger partial charge in [-0.2, -0.15) is 4.31 Å². The molecule has 1 aliphatic carbocycles. The number of nitrogens with one attached hydrogen (secondary N) is 1. The van der Waals surface area contributed by atoms with Crippen LogP contribution in [0.5, 0.6) is 0 Å². The van der Waals surface area contributed by atoms with Gasteiger partial charge in [-0.1, -0.05) is 5.21 Å². The third-order valence-electron chi connectivity index (χ3n) is 8.13. The summed E-state index contributed by atoms with van der Waals surface area (Å²) in [4.78, 5) is 1.42. The van der Waals surface area contributed by atoms with Gasteiger partial charge in [0.05, 0.1) is 43.0 Å². The molecule has 2 N–H and O–H groups in total. The van der Waals surface area contributed by atoms with Crippen molar-refractivity contribution < 1.29 is 35.1 Å². The van der Waals surface area contributed by atoms with Crippen LogP contribution in [-0.2, 0) is 20.0 Å². The number of hydrogen-bond donors (Lipinski definition) is 2. The molecule has 2 aromatic carbocycles. The number of aliphatic hydroxyl groups is 1. The number of anilines is 2. The molecule has 1 aromatic heterocycles. The number of aliphatic hydroxyl groups excluding tert-OH is 1. The number of rotatable bonds is 9. The zero-order chi connectivity index (χ0) is 29.9. The van der Waals surface area contributed by atoms with Crippen molar-refractivity contribution in [2.75, 3.05) is 48.2 Å². The second-order valence-electron chi connectivity index (χ2n) is 11.2. The first kappa shape index (κ1) is 28.9. The molecule has 6 rings (SSSR count). The Balaban J connectivity index is 1.32. The van der Waals surface area contributed by atoms with E-state index in [4.69, 9.17) is 5.11 Å². The summed E-state index contributed by atoms with van der Waals surface area (Å²) in [5, 5.41) is 17.4. The van der Waals surface area contributed by atoms with Gasteiger partial charge in [0.15, 0.2) is 0 Å². The highest BCUT2D eigenvalue weighted by Gasteiger charge is 2.50. The molecule has 3 heterocycles. The highest BCUT2D eigenvalue weighted by molar-refractivity contribution is 7.92. The molecule has 1 spiro atoms. The summed E-state index contributed by atoms with van der Waals surface area (Å²) in [7, 11) is -8.25. The van der Waals surface area contributed by atoms with Crippen LogP contribution in [0, 0.1) is 11.2 Å². The number of benzene rings is 2. The SMILES string of the molecule is O=S(=O)(CCO)Nc1ccc(-c2cn(-c3ccc(F)c(S(=O)(=O)N4CC(F)(F)C4)c3)nn2)c(N2CCC3(CC2)CC3)c1. The number of halogens is 3. The molecule has 0 unspecified atom stereocenters. The first-order valence-corrected chi connectivity index (χ1v) is 16.5. The van der Waals surface area contributed by atoms with Crippen LogP contribution in [0.15, 0.2) is 47.5 Å². The van der Waals surface area contributed by atoms with Crippen molar-refractivity contribution in [2.45, 2.75) is 36.5 Å². The van der Waals surface area contributed by atoms with Gasteiger partial charge in [0.25, 0.3) is 5.92 Å². The molecule has 3 aromatic rings. The standard InChI is InChI=1S/C26H29F3N6O5S2/c27-21-4-2-19(14-24(21)42(39,40)34-16-26(28,29)17-34)35-15-22(30-32-35)20-3-1-18(31-41(37,38)12-11-36)13-23(20)33-9-7-25(5-6-25)8-10-33/h1-4,13-15,31,36H,5-12,16-17H2. The molecule has 1 saturated carbocycles. The lowest BCUT2D eigenvalue weighted by Gasteiger charge is -2.37. The minimum Gasteiger partial charge on any atom is -0.395 e. The summed E-state index contributed by atoms with van der Waals surface area (Å²) in [5.74, 6) is -4.67. The number of piperidine rings is 1. The van der Waals surface area contributed by atoms with Gasteiger partial charge in [0.2, 0.25) is 20.0 Å².